The Bertz CT molecular complexity index is 955. The maximum Gasteiger partial charge on any atom is 0.407 e. The smallest absolute Gasteiger partial charge is 0.407 e. The number of fused-ring (bicyclic) bond motifs is 2. The second kappa shape index (κ2) is 6.28. The zero-order chi connectivity index (χ0) is 19.3. The van der Waals surface area contributed by atoms with Crippen molar-refractivity contribution in [3.8, 4) is 5.75 Å². The number of carbonyl (C=O) groups excluding carboxylic acids is 2. The van der Waals surface area contributed by atoms with Crippen LogP contribution in [0.15, 0.2) is 36.4 Å². The predicted octanol–water partition coefficient (Wildman–Crippen LogP) is 2.92. The van der Waals surface area contributed by atoms with Gasteiger partial charge in [-0.05, 0) is 36.2 Å². The van der Waals surface area contributed by atoms with Gasteiger partial charge in [-0.3, -0.25) is 19.4 Å². The largest absolute Gasteiger partial charge is 0.508 e. The van der Waals surface area contributed by atoms with Gasteiger partial charge < -0.3 is 10.2 Å². The third-order valence-corrected chi connectivity index (χ3v) is 5.42. The normalized spacial score (nSPS) is 18.5. The number of nitrogens with zero attached hydrogens (tertiary/aromatic N) is 2. The molecule has 3 amide bonds. The number of aromatic hydroxyl groups is 1. The highest BCUT2D eigenvalue weighted by Crippen LogP contribution is 2.40. The molecule has 2 N–H and O–H groups in total. The van der Waals surface area contributed by atoms with E-state index in [0.29, 0.717) is 22.6 Å². The van der Waals surface area contributed by atoms with Crippen molar-refractivity contribution in [1.82, 2.24) is 9.80 Å². The summed E-state index contributed by atoms with van der Waals surface area (Å²) in [5.41, 5.74) is 1.55. The van der Waals surface area contributed by atoms with Gasteiger partial charge in [-0.2, -0.15) is 0 Å². The second-order valence-corrected chi connectivity index (χ2v) is 6.87. The van der Waals surface area contributed by atoms with Crippen LogP contribution in [0, 0.1) is 0 Å². The Hall–Kier alpha value is -3.06. The van der Waals surface area contributed by atoms with E-state index in [2.05, 4.69) is 0 Å². The van der Waals surface area contributed by atoms with Crippen molar-refractivity contribution in [3.05, 3.63) is 63.7 Å². The molecular formula is C19H15ClN2O5. The summed E-state index contributed by atoms with van der Waals surface area (Å²) in [7, 11) is 0. The van der Waals surface area contributed by atoms with E-state index < -0.39 is 23.9 Å². The van der Waals surface area contributed by atoms with Gasteiger partial charge in [-0.25, -0.2) is 4.79 Å². The molecule has 2 aliphatic heterocycles. The Morgan fingerprint density at radius 2 is 1.74 bits per heavy atom. The van der Waals surface area contributed by atoms with Crippen LogP contribution in [0.1, 0.15) is 37.9 Å². The van der Waals surface area contributed by atoms with Crippen molar-refractivity contribution < 1.29 is 24.6 Å². The van der Waals surface area contributed by atoms with Crippen LogP contribution in [0.3, 0.4) is 0 Å². The molecule has 2 aliphatic rings. The van der Waals surface area contributed by atoms with Gasteiger partial charge in [0.1, 0.15) is 5.75 Å². The number of phenols is 1. The number of carbonyl (C=O) groups is 3. The third-order valence-electron chi connectivity index (χ3n) is 5.07. The van der Waals surface area contributed by atoms with E-state index in [9.17, 15) is 24.6 Å². The highest BCUT2D eigenvalue weighted by Gasteiger charge is 2.41. The average molecular weight is 387 g/mol. The van der Waals surface area contributed by atoms with Gasteiger partial charge in [0.15, 0.2) is 0 Å². The zero-order valence-electron chi connectivity index (χ0n) is 14.1. The topological polar surface area (TPSA) is 98.2 Å². The van der Waals surface area contributed by atoms with Crippen LogP contribution < -0.4 is 0 Å². The van der Waals surface area contributed by atoms with E-state index in [-0.39, 0.29) is 30.0 Å². The monoisotopic (exact) mass is 386 g/mol. The van der Waals surface area contributed by atoms with Crippen molar-refractivity contribution in [3.63, 3.8) is 0 Å². The van der Waals surface area contributed by atoms with Crippen LogP contribution in [0.2, 0.25) is 5.02 Å². The Morgan fingerprint density at radius 3 is 2.33 bits per heavy atom. The fraction of sp³-hybridized carbons (Fsp3) is 0.211. The summed E-state index contributed by atoms with van der Waals surface area (Å²) in [4.78, 5) is 39.2. The lowest BCUT2D eigenvalue weighted by Crippen LogP contribution is -2.46. The minimum absolute atomic E-state index is 0.109. The van der Waals surface area contributed by atoms with Crippen LogP contribution in [-0.4, -0.2) is 51.0 Å². The van der Waals surface area contributed by atoms with Crippen molar-refractivity contribution in [2.24, 2.45) is 0 Å². The van der Waals surface area contributed by atoms with Crippen LogP contribution in [0.5, 0.6) is 5.75 Å². The van der Waals surface area contributed by atoms with E-state index in [1.54, 1.807) is 30.3 Å². The van der Waals surface area contributed by atoms with Crippen LogP contribution >= 0.6 is 11.6 Å². The molecule has 8 heteroatoms. The van der Waals surface area contributed by atoms with Gasteiger partial charge >= 0.3 is 6.09 Å². The van der Waals surface area contributed by atoms with Gasteiger partial charge in [-0.1, -0.05) is 23.7 Å². The first kappa shape index (κ1) is 17.4. The molecule has 0 saturated carbocycles. The highest BCUT2D eigenvalue weighted by atomic mass is 35.5. The molecule has 0 saturated heterocycles. The SMILES string of the molecule is O=C1c2ccccc2C(=O)N1C[C@@H]1c2c(O)ccc(Cl)c2CCN1C(=O)O. The van der Waals surface area contributed by atoms with Gasteiger partial charge in [0, 0.05) is 17.1 Å². The maximum atomic E-state index is 12.7. The lowest BCUT2D eigenvalue weighted by Gasteiger charge is -2.37. The minimum atomic E-state index is -1.19. The fourth-order valence-electron chi connectivity index (χ4n) is 3.79. The molecule has 2 aromatic rings. The number of benzene rings is 2. The molecule has 1 atom stereocenters. The molecule has 7 nitrogen and oxygen atoms in total. The Labute approximate surface area is 159 Å². The summed E-state index contributed by atoms with van der Waals surface area (Å²) >= 11 is 6.23. The van der Waals surface area contributed by atoms with Crippen molar-refractivity contribution >= 4 is 29.5 Å². The van der Waals surface area contributed by atoms with Gasteiger partial charge in [0.05, 0.1) is 23.7 Å². The third kappa shape index (κ3) is 2.62. The summed E-state index contributed by atoms with van der Waals surface area (Å²) in [6.45, 7) is -0.0428. The number of carboxylic acid groups (broad SMARTS) is 1. The standard InChI is InChI=1S/C19H15ClN2O5/c20-13-5-6-15(23)16-12(13)7-8-21(19(26)27)14(16)9-22-17(24)10-3-1-2-4-11(10)18(22)25/h1-6,14,23H,7-9H2,(H,26,27)/t14-/m1/s1. The first-order valence-corrected chi connectivity index (χ1v) is 8.73. The van der Waals surface area contributed by atoms with Crippen LogP contribution in [-0.2, 0) is 6.42 Å². The van der Waals surface area contributed by atoms with E-state index in [1.165, 1.54) is 6.07 Å². The number of hydrogen-bond acceptors (Lipinski definition) is 4. The number of phenolic OH excluding ortho intramolecular Hbond substituents is 1. The fourth-order valence-corrected chi connectivity index (χ4v) is 4.05. The molecule has 0 unspecified atom stereocenters. The predicted molar refractivity (Wildman–Crippen MR) is 96.1 cm³/mol. The number of amides is 3. The number of rotatable bonds is 2. The van der Waals surface area contributed by atoms with E-state index in [4.69, 9.17) is 11.6 Å². The number of hydrogen-bond donors (Lipinski definition) is 2. The summed E-state index contributed by atoms with van der Waals surface area (Å²) in [6, 6.07) is 8.50. The molecule has 0 bridgehead atoms. The molecule has 4 rings (SSSR count). The second-order valence-electron chi connectivity index (χ2n) is 6.47. The van der Waals surface area contributed by atoms with Crippen LogP contribution in [0.4, 0.5) is 4.79 Å². The first-order chi connectivity index (χ1) is 12.9. The summed E-state index contributed by atoms with van der Waals surface area (Å²) in [5, 5.41) is 20.4. The number of halogens is 1. The molecule has 0 aromatic heterocycles. The summed E-state index contributed by atoms with van der Waals surface area (Å²) in [5.74, 6) is -1.06. The Morgan fingerprint density at radius 1 is 1.11 bits per heavy atom. The Kier molecular flexibility index (Phi) is 4.04. The molecule has 138 valence electrons. The first-order valence-electron chi connectivity index (χ1n) is 8.35. The number of imide groups is 1. The average Bonchev–Trinajstić information content (AvgIpc) is 2.89. The lowest BCUT2D eigenvalue weighted by atomic mass is 9.91. The highest BCUT2D eigenvalue weighted by molar-refractivity contribution is 6.31. The summed E-state index contributed by atoms with van der Waals surface area (Å²) in [6.07, 6.45) is -0.852. The molecule has 0 radical (unpaired) electrons. The Balaban J connectivity index is 1.77. The van der Waals surface area contributed by atoms with E-state index in [1.807, 2.05) is 0 Å². The van der Waals surface area contributed by atoms with Crippen molar-refractivity contribution in [1.29, 1.82) is 0 Å². The van der Waals surface area contributed by atoms with Crippen molar-refractivity contribution in [2.45, 2.75) is 12.5 Å². The zero-order valence-corrected chi connectivity index (χ0v) is 14.8. The molecule has 0 fully saturated rings. The molecule has 2 heterocycles. The molecule has 0 aliphatic carbocycles. The minimum Gasteiger partial charge on any atom is -0.508 e. The quantitative estimate of drug-likeness (QED) is 0.773. The van der Waals surface area contributed by atoms with Gasteiger partial charge in [-0.15, -0.1) is 0 Å². The molecule has 0 spiro atoms. The van der Waals surface area contributed by atoms with Gasteiger partial charge in [0.25, 0.3) is 11.8 Å². The molecule has 27 heavy (non-hydrogen) atoms. The molecule has 2 aromatic carbocycles. The van der Waals surface area contributed by atoms with Gasteiger partial charge in [0.2, 0.25) is 0 Å². The van der Waals surface area contributed by atoms with E-state index in [0.717, 1.165) is 9.80 Å². The van der Waals surface area contributed by atoms with Crippen molar-refractivity contribution in [2.75, 3.05) is 13.1 Å². The molecular weight excluding hydrogens is 372 g/mol. The lowest BCUT2D eigenvalue weighted by molar-refractivity contribution is 0.0566. The summed E-state index contributed by atoms with van der Waals surface area (Å²) < 4.78 is 0. The van der Waals surface area contributed by atoms with E-state index >= 15 is 0 Å². The maximum absolute atomic E-state index is 12.7. The van der Waals surface area contributed by atoms with Crippen LogP contribution in [0.25, 0.3) is 0 Å².